The van der Waals surface area contributed by atoms with Crippen LogP contribution < -0.4 is 5.32 Å². The van der Waals surface area contributed by atoms with Crippen LogP contribution in [-0.2, 0) is 24.7 Å². The van der Waals surface area contributed by atoms with Crippen molar-refractivity contribution in [2.24, 2.45) is 7.05 Å². The lowest BCUT2D eigenvalue weighted by Crippen LogP contribution is -2.34. The average molecular weight is 287 g/mol. The Labute approximate surface area is 124 Å². The Morgan fingerprint density at radius 1 is 1.48 bits per heavy atom. The molecule has 2 rings (SSSR count). The van der Waals surface area contributed by atoms with Gasteiger partial charge in [0.1, 0.15) is 12.2 Å². The fraction of sp³-hybridized carbons (Fsp3) is 0.467. The summed E-state index contributed by atoms with van der Waals surface area (Å²) in [4.78, 5) is 16.3. The van der Waals surface area contributed by atoms with Crippen LogP contribution in [0.4, 0.5) is 0 Å². The predicted molar refractivity (Wildman–Crippen MR) is 79.6 cm³/mol. The van der Waals surface area contributed by atoms with Crippen molar-refractivity contribution in [1.29, 1.82) is 0 Å². The zero-order valence-electron chi connectivity index (χ0n) is 12.7. The van der Waals surface area contributed by atoms with Crippen molar-refractivity contribution in [3.8, 4) is 0 Å². The van der Waals surface area contributed by atoms with Crippen molar-refractivity contribution < 1.29 is 4.79 Å². The monoisotopic (exact) mass is 287 g/mol. The number of amides is 1. The van der Waals surface area contributed by atoms with Crippen LogP contribution in [0, 0.1) is 6.92 Å². The molecule has 1 atom stereocenters. The predicted octanol–water partition coefficient (Wildman–Crippen LogP) is 1.20. The van der Waals surface area contributed by atoms with E-state index in [0.29, 0.717) is 12.8 Å². The van der Waals surface area contributed by atoms with Gasteiger partial charge in [0, 0.05) is 44.2 Å². The highest BCUT2D eigenvalue weighted by atomic mass is 16.1. The van der Waals surface area contributed by atoms with Gasteiger partial charge in [0.2, 0.25) is 5.91 Å². The summed E-state index contributed by atoms with van der Waals surface area (Å²) in [6.07, 6.45) is 5.17. The second-order valence-corrected chi connectivity index (χ2v) is 5.30. The molecule has 2 aromatic rings. The van der Waals surface area contributed by atoms with E-state index in [0.717, 1.165) is 23.5 Å². The molecule has 6 heteroatoms. The van der Waals surface area contributed by atoms with Gasteiger partial charge in [-0.3, -0.25) is 9.78 Å². The molecule has 0 bridgehead atoms. The summed E-state index contributed by atoms with van der Waals surface area (Å²) in [5, 5.41) is 10.8. The number of pyridine rings is 1. The van der Waals surface area contributed by atoms with Crippen molar-refractivity contribution in [3.05, 3.63) is 41.7 Å². The van der Waals surface area contributed by atoms with Crippen molar-refractivity contribution in [2.75, 3.05) is 0 Å². The Morgan fingerprint density at radius 3 is 2.95 bits per heavy atom. The van der Waals surface area contributed by atoms with E-state index in [2.05, 4.69) is 20.5 Å². The maximum absolute atomic E-state index is 11.9. The fourth-order valence-corrected chi connectivity index (χ4v) is 2.18. The first kappa shape index (κ1) is 15.2. The molecule has 0 fully saturated rings. The number of aromatic nitrogens is 4. The Balaban J connectivity index is 1.80. The molecule has 0 aliphatic heterocycles. The summed E-state index contributed by atoms with van der Waals surface area (Å²) in [6.45, 7) is 4.03. The highest BCUT2D eigenvalue weighted by molar-refractivity contribution is 5.76. The minimum Gasteiger partial charge on any atom is -0.353 e. The lowest BCUT2D eigenvalue weighted by Gasteiger charge is -2.14. The van der Waals surface area contributed by atoms with Crippen LogP contribution in [0.15, 0.2) is 24.7 Å². The molecule has 0 aliphatic rings. The van der Waals surface area contributed by atoms with Gasteiger partial charge < -0.3 is 9.88 Å². The Hall–Kier alpha value is -2.24. The van der Waals surface area contributed by atoms with E-state index in [1.807, 2.05) is 37.6 Å². The van der Waals surface area contributed by atoms with Crippen LogP contribution in [0.2, 0.25) is 0 Å². The average Bonchev–Trinajstić information content (AvgIpc) is 2.84. The quantitative estimate of drug-likeness (QED) is 0.866. The SMILES string of the molecule is Cc1cccnc1CC(C)NC(=O)CCc1nncn1C. The van der Waals surface area contributed by atoms with E-state index in [9.17, 15) is 4.79 Å². The van der Waals surface area contributed by atoms with Gasteiger partial charge in [-0.05, 0) is 25.5 Å². The first-order valence-corrected chi connectivity index (χ1v) is 7.09. The molecule has 1 N–H and O–H groups in total. The molecule has 112 valence electrons. The second-order valence-electron chi connectivity index (χ2n) is 5.30. The van der Waals surface area contributed by atoms with Crippen LogP contribution in [0.3, 0.4) is 0 Å². The third-order valence-corrected chi connectivity index (χ3v) is 3.41. The standard InChI is InChI=1S/C15H21N5O/c1-11-5-4-8-16-13(11)9-12(2)18-15(21)7-6-14-19-17-10-20(14)3/h4-5,8,10,12H,6-7,9H2,1-3H3,(H,18,21). The molecule has 0 saturated heterocycles. The van der Waals surface area contributed by atoms with Crippen molar-refractivity contribution in [3.63, 3.8) is 0 Å². The summed E-state index contributed by atoms with van der Waals surface area (Å²) >= 11 is 0. The van der Waals surface area contributed by atoms with Gasteiger partial charge >= 0.3 is 0 Å². The van der Waals surface area contributed by atoms with Gasteiger partial charge in [0.25, 0.3) is 0 Å². The molecule has 0 aliphatic carbocycles. The number of nitrogens with one attached hydrogen (secondary N) is 1. The summed E-state index contributed by atoms with van der Waals surface area (Å²) in [6, 6.07) is 4.01. The number of carbonyl (C=O) groups excluding carboxylic acids is 1. The number of nitrogens with zero attached hydrogens (tertiary/aromatic N) is 4. The fourth-order valence-electron chi connectivity index (χ4n) is 2.18. The van der Waals surface area contributed by atoms with Crippen LogP contribution in [-0.4, -0.2) is 31.7 Å². The van der Waals surface area contributed by atoms with Gasteiger partial charge in [-0.2, -0.15) is 0 Å². The third kappa shape index (κ3) is 4.37. The minimum absolute atomic E-state index is 0.0269. The summed E-state index contributed by atoms with van der Waals surface area (Å²) < 4.78 is 1.83. The molecular formula is C15H21N5O. The first-order valence-electron chi connectivity index (χ1n) is 7.09. The summed E-state index contributed by atoms with van der Waals surface area (Å²) in [5.74, 6) is 0.845. The lowest BCUT2D eigenvalue weighted by molar-refractivity contribution is -0.121. The van der Waals surface area contributed by atoms with E-state index in [1.165, 1.54) is 0 Å². The van der Waals surface area contributed by atoms with E-state index in [4.69, 9.17) is 0 Å². The van der Waals surface area contributed by atoms with Gasteiger partial charge in [0.05, 0.1) is 0 Å². The van der Waals surface area contributed by atoms with Crippen LogP contribution in [0.1, 0.15) is 30.4 Å². The van der Waals surface area contributed by atoms with E-state index >= 15 is 0 Å². The second kappa shape index (κ2) is 6.97. The van der Waals surface area contributed by atoms with Gasteiger partial charge in [-0.25, -0.2) is 0 Å². The highest BCUT2D eigenvalue weighted by Gasteiger charge is 2.11. The number of carbonyl (C=O) groups is 1. The first-order chi connectivity index (χ1) is 10.1. The number of hydrogen-bond acceptors (Lipinski definition) is 4. The van der Waals surface area contributed by atoms with Gasteiger partial charge in [-0.1, -0.05) is 6.07 Å². The zero-order valence-corrected chi connectivity index (χ0v) is 12.7. The van der Waals surface area contributed by atoms with Crippen molar-refractivity contribution >= 4 is 5.91 Å². The zero-order chi connectivity index (χ0) is 15.2. The molecule has 0 radical (unpaired) electrons. The van der Waals surface area contributed by atoms with E-state index < -0.39 is 0 Å². The lowest BCUT2D eigenvalue weighted by atomic mass is 10.1. The normalized spacial score (nSPS) is 12.1. The molecule has 0 aromatic carbocycles. The summed E-state index contributed by atoms with van der Waals surface area (Å²) in [7, 11) is 1.87. The number of aryl methyl sites for hydroxylation is 3. The summed E-state index contributed by atoms with van der Waals surface area (Å²) in [5.41, 5.74) is 2.18. The third-order valence-electron chi connectivity index (χ3n) is 3.41. The van der Waals surface area contributed by atoms with Gasteiger partial charge in [0.15, 0.2) is 0 Å². The van der Waals surface area contributed by atoms with Crippen LogP contribution in [0.25, 0.3) is 0 Å². The number of rotatable bonds is 6. The number of hydrogen-bond donors (Lipinski definition) is 1. The molecule has 0 spiro atoms. The topological polar surface area (TPSA) is 72.7 Å². The highest BCUT2D eigenvalue weighted by Crippen LogP contribution is 2.06. The largest absolute Gasteiger partial charge is 0.353 e. The molecule has 6 nitrogen and oxygen atoms in total. The van der Waals surface area contributed by atoms with Gasteiger partial charge in [-0.15, -0.1) is 10.2 Å². The van der Waals surface area contributed by atoms with Crippen molar-refractivity contribution in [1.82, 2.24) is 25.1 Å². The smallest absolute Gasteiger partial charge is 0.220 e. The van der Waals surface area contributed by atoms with Crippen LogP contribution in [0.5, 0.6) is 0 Å². The Kier molecular flexibility index (Phi) is 5.03. The Bertz CT molecular complexity index is 608. The molecule has 21 heavy (non-hydrogen) atoms. The molecule has 0 saturated carbocycles. The molecule has 1 amide bonds. The van der Waals surface area contributed by atoms with Crippen molar-refractivity contribution in [2.45, 2.75) is 39.2 Å². The molecular weight excluding hydrogens is 266 g/mol. The molecule has 1 unspecified atom stereocenters. The maximum Gasteiger partial charge on any atom is 0.220 e. The van der Waals surface area contributed by atoms with E-state index in [1.54, 1.807) is 12.5 Å². The molecule has 2 heterocycles. The molecule has 2 aromatic heterocycles. The van der Waals surface area contributed by atoms with E-state index in [-0.39, 0.29) is 11.9 Å². The minimum atomic E-state index is 0.0269. The Morgan fingerprint density at radius 2 is 2.29 bits per heavy atom. The maximum atomic E-state index is 11.9. The van der Waals surface area contributed by atoms with Crippen LogP contribution >= 0.6 is 0 Å².